The summed E-state index contributed by atoms with van der Waals surface area (Å²) in [5, 5.41) is 9.59. The van der Waals surface area contributed by atoms with E-state index in [-0.39, 0.29) is 29.7 Å². The van der Waals surface area contributed by atoms with Crippen molar-refractivity contribution in [2.24, 2.45) is 0 Å². The summed E-state index contributed by atoms with van der Waals surface area (Å²) >= 11 is 0. The summed E-state index contributed by atoms with van der Waals surface area (Å²) in [7, 11) is 1.72. The summed E-state index contributed by atoms with van der Waals surface area (Å²) in [6.45, 7) is 1.21. The van der Waals surface area contributed by atoms with Crippen molar-refractivity contribution in [3.05, 3.63) is 24.0 Å². The number of nitrogens with zero attached hydrogens (tertiary/aromatic N) is 3. The molecule has 0 unspecified atom stereocenters. The number of hydrogen-bond acceptors (Lipinski definition) is 4. The number of rotatable bonds is 1. The highest BCUT2D eigenvalue weighted by Crippen LogP contribution is 2.17. The maximum absolute atomic E-state index is 12.2. The Morgan fingerprint density at radius 2 is 2.22 bits per heavy atom. The molecule has 1 saturated heterocycles. The molecule has 0 radical (unpaired) electrons. The van der Waals surface area contributed by atoms with E-state index in [1.165, 1.54) is 23.4 Å². The van der Waals surface area contributed by atoms with Crippen molar-refractivity contribution >= 4 is 11.8 Å². The van der Waals surface area contributed by atoms with Gasteiger partial charge in [-0.2, -0.15) is 0 Å². The van der Waals surface area contributed by atoms with Gasteiger partial charge in [0.2, 0.25) is 5.91 Å². The molecule has 1 aliphatic heterocycles. The number of carbonyl (C=O) groups is 2. The van der Waals surface area contributed by atoms with Crippen molar-refractivity contribution in [3.8, 4) is 5.75 Å². The van der Waals surface area contributed by atoms with Gasteiger partial charge in [0, 0.05) is 26.3 Å². The van der Waals surface area contributed by atoms with Gasteiger partial charge in [-0.15, -0.1) is 0 Å². The van der Waals surface area contributed by atoms with Crippen LogP contribution in [0.25, 0.3) is 0 Å². The van der Waals surface area contributed by atoms with Gasteiger partial charge in [0.05, 0.1) is 11.8 Å². The Labute approximate surface area is 105 Å². The molecular formula is C12H15N3O3. The fourth-order valence-corrected chi connectivity index (χ4v) is 1.90. The lowest BCUT2D eigenvalue weighted by Gasteiger charge is -2.20. The predicted octanol–water partition coefficient (Wildman–Crippen LogP) is 0.0915. The number of aromatic hydroxyl groups is 1. The smallest absolute Gasteiger partial charge is 0.258 e. The second-order valence-corrected chi connectivity index (χ2v) is 4.29. The van der Waals surface area contributed by atoms with Gasteiger partial charge in [-0.05, 0) is 12.5 Å². The third kappa shape index (κ3) is 2.42. The van der Waals surface area contributed by atoms with Gasteiger partial charge in [-0.25, -0.2) is 0 Å². The van der Waals surface area contributed by atoms with Crippen LogP contribution in [0, 0.1) is 0 Å². The van der Waals surface area contributed by atoms with Gasteiger partial charge >= 0.3 is 0 Å². The number of pyridine rings is 1. The molecule has 0 spiro atoms. The van der Waals surface area contributed by atoms with Crippen LogP contribution in [-0.2, 0) is 4.79 Å². The second-order valence-electron chi connectivity index (χ2n) is 4.29. The SMILES string of the molecule is CN1CCCN(C(=O)c2ccncc2O)CC1=O. The fourth-order valence-electron chi connectivity index (χ4n) is 1.90. The molecule has 1 N–H and O–H groups in total. The number of hydrogen-bond donors (Lipinski definition) is 1. The van der Waals surface area contributed by atoms with Crippen molar-refractivity contribution in [3.63, 3.8) is 0 Å². The molecule has 0 aliphatic carbocycles. The number of carbonyl (C=O) groups excluding carboxylic acids is 2. The van der Waals surface area contributed by atoms with Crippen molar-refractivity contribution < 1.29 is 14.7 Å². The zero-order valence-corrected chi connectivity index (χ0v) is 10.2. The molecule has 6 nitrogen and oxygen atoms in total. The van der Waals surface area contributed by atoms with E-state index in [1.807, 2.05) is 0 Å². The highest BCUT2D eigenvalue weighted by atomic mass is 16.3. The summed E-state index contributed by atoms with van der Waals surface area (Å²) in [5.74, 6) is -0.583. The van der Waals surface area contributed by atoms with Crippen LogP contribution in [0.2, 0.25) is 0 Å². The summed E-state index contributed by atoms with van der Waals surface area (Å²) in [6.07, 6.45) is 3.40. The molecule has 1 aliphatic rings. The lowest BCUT2D eigenvalue weighted by Crippen LogP contribution is -2.38. The number of likely N-dealkylation sites (N-methyl/N-ethyl adjacent to an activating group) is 1. The first-order chi connectivity index (χ1) is 8.59. The van der Waals surface area contributed by atoms with E-state index in [9.17, 15) is 14.7 Å². The zero-order valence-electron chi connectivity index (χ0n) is 10.2. The molecule has 0 atom stereocenters. The molecule has 6 heteroatoms. The quantitative estimate of drug-likeness (QED) is 0.765. The summed E-state index contributed by atoms with van der Waals surface area (Å²) < 4.78 is 0. The normalized spacial score (nSPS) is 16.6. The Morgan fingerprint density at radius 1 is 1.44 bits per heavy atom. The van der Waals surface area contributed by atoms with E-state index in [2.05, 4.69) is 4.98 Å². The molecule has 2 heterocycles. The Bertz CT molecular complexity index is 475. The molecule has 2 amide bonds. The summed E-state index contributed by atoms with van der Waals surface area (Å²) in [4.78, 5) is 30.7. The van der Waals surface area contributed by atoms with E-state index in [0.29, 0.717) is 13.1 Å². The minimum absolute atomic E-state index is 0.0527. The molecule has 0 aromatic carbocycles. The minimum atomic E-state index is -0.335. The van der Waals surface area contributed by atoms with Gasteiger partial charge in [-0.1, -0.05) is 0 Å². The van der Waals surface area contributed by atoms with Gasteiger partial charge in [0.25, 0.3) is 5.91 Å². The first kappa shape index (κ1) is 12.3. The van der Waals surface area contributed by atoms with Crippen molar-refractivity contribution in [1.82, 2.24) is 14.8 Å². The van der Waals surface area contributed by atoms with Crippen LogP contribution < -0.4 is 0 Å². The van der Waals surface area contributed by atoms with Crippen molar-refractivity contribution in [2.75, 3.05) is 26.7 Å². The van der Waals surface area contributed by atoms with Crippen LogP contribution in [0.3, 0.4) is 0 Å². The molecule has 2 rings (SSSR count). The van der Waals surface area contributed by atoms with Crippen molar-refractivity contribution in [1.29, 1.82) is 0 Å². The highest BCUT2D eigenvalue weighted by molar-refractivity contribution is 5.98. The first-order valence-corrected chi connectivity index (χ1v) is 5.76. The Morgan fingerprint density at radius 3 is 2.94 bits per heavy atom. The standard InChI is InChI=1S/C12H15N3O3/c1-14-5-2-6-15(8-11(14)17)12(18)9-3-4-13-7-10(9)16/h3-4,7,16H,2,5-6,8H2,1H3. The Balaban J connectivity index is 2.19. The van der Waals surface area contributed by atoms with Crippen LogP contribution in [0.4, 0.5) is 0 Å². The average Bonchev–Trinajstić information content (AvgIpc) is 2.52. The van der Waals surface area contributed by atoms with Crippen LogP contribution in [0.5, 0.6) is 5.75 Å². The van der Waals surface area contributed by atoms with Crippen LogP contribution in [0.1, 0.15) is 16.8 Å². The van der Waals surface area contributed by atoms with Gasteiger partial charge in [0.15, 0.2) is 0 Å². The molecule has 1 fully saturated rings. The third-order valence-corrected chi connectivity index (χ3v) is 2.99. The van der Waals surface area contributed by atoms with Crippen LogP contribution in [0.15, 0.2) is 18.5 Å². The van der Waals surface area contributed by atoms with E-state index in [0.717, 1.165) is 6.42 Å². The maximum atomic E-state index is 12.2. The molecule has 18 heavy (non-hydrogen) atoms. The lowest BCUT2D eigenvalue weighted by atomic mass is 10.2. The molecule has 1 aromatic heterocycles. The molecule has 0 bridgehead atoms. The van der Waals surface area contributed by atoms with E-state index in [1.54, 1.807) is 11.9 Å². The topological polar surface area (TPSA) is 73.7 Å². The minimum Gasteiger partial charge on any atom is -0.505 e. The van der Waals surface area contributed by atoms with Crippen LogP contribution in [-0.4, -0.2) is 58.4 Å². The van der Waals surface area contributed by atoms with Gasteiger partial charge < -0.3 is 14.9 Å². The predicted molar refractivity (Wildman–Crippen MR) is 64.1 cm³/mol. The molecule has 96 valence electrons. The van der Waals surface area contributed by atoms with Crippen molar-refractivity contribution in [2.45, 2.75) is 6.42 Å². The van der Waals surface area contributed by atoms with Gasteiger partial charge in [0.1, 0.15) is 12.3 Å². The van der Waals surface area contributed by atoms with E-state index >= 15 is 0 Å². The first-order valence-electron chi connectivity index (χ1n) is 5.76. The fraction of sp³-hybridized carbons (Fsp3) is 0.417. The molecular weight excluding hydrogens is 234 g/mol. The van der Waals surface area contributed by atoms with E-state index < -0.39 is 0 Å². The zero-order chi connectivity index (χ0) is 13.1. The van der Waals surface area contributed by atoms with Gasteiger partial charge in [-0.3, -0.25) is 14.6 Å². The molecule has 0 saturated carbocycles. The summed E-state index contributed by atoms with van der Waals surface area (Å²) in [5.41, 5.74) is 0.183. The summed E-state index contributed by atoms with van der Waals surface area (Å²) in [6, 6.07) is 1.46. The largest absolute Gasteiger partial charge is 0.505 e. The monoisotopic (exact) mass is 249 g/mol. The Hall–Kier alpha value is -2.11. The average molecular weight is 249 g/mol. The maximum Gasteiger partial charge on any atom is 0.258 e. The lowest BCUT2D eigenvalue weighted by molar-refractivity contribution is -0.129. The highest BCUT2D eigenvalue weighted by Gasteiger charge is 2.25. The number of aromatic nitrogens is 1. The Kier molecular flexibility index (Phi) is 3.45. The molecule has 1 aromatic rings. The van der Waals surface area contributed by atoms with E-state index in [4.69, 9.17) is 0 Å². The third-order valence-electron chi connectivity index (χ3n) is 2.99. The second kappa shape index (κ2) is 5.03. The number of amides is 2. The van der Waals surface area contributed by atoms with Crippen LogP contribution >= 0.6 is 0 Å².